The number of hydrogen-bond donors (Lipinski definition) is 0. The molecule has 4 nitrogen and oxygen atoms in total. The number of thiophene rings is 1. The highest BCUT2D eigenvalue weighted by Gasteiger charge is 2.34. The van der Waals surface area contributed by atoms with Crippen LogP contribution >= 0.6 is 39.0 Å². The molecule has 3 aromatic rings. The van der Waals surface area contributed by atoms with Crippen LogP contribution in [0.25, 0.3) is 6.08 Å². The van der Waals surface area contributed by atoms with Crippen LogP contribution in [0.5, 0.6) is 0 Å². The van der Waals surface area contributed by atoms with Crippen molar-refractivity contribution in [2.75, 3.05) is 0 Å². The zero-order chi connectivity index (χ0) is 17.9. The van der Waals surface area contributed by atoms with Gasteiger partial charge >= 0.3 is 0 Å². The largest absolute Gasteiger partial charge is 0.467 e. The monoisotopic (exact) mass is 444 g/mol. The summed E-state index contributed by atoms with van der Waals surface area (Å²) >= 11 is 6.43. The maximum absolute atomic E-state index is 13.0. The van der Waals surface area contributed by atoms with Crippen LogP contribution in [-0.4, -0.2) is 16.0 Å². The summed E-state index contributed by atoms with van der Waals surface area (Å²) < 4.78 is 6.45. The summed E-state index contributed by atoms with van der Waals surface area (Å²) in [5.41, 5.74) is 0.812. The average Bonchev–Trinajstić information content (AvgIpc) is 3.35. The van der Waals surface area contributed by atoms with Crippen LogP contribution < -0.4 is 0 Å². The lowest BCUT2D eigenvalue weighted by molar-refractivity contribution is -0.122. The molecular formula is C19H13BrN2O2S2. The Balaban J connectivity index is 1.69. The van der Waals surface area contributed by atoms with Crippen molar-refractivity contribution in [3.8, 4) is 0 Å². The molecule has 0 bridgehead atoms. The molecule has 0 radical (unpaired) electrons. The van der Waals surface area contributed by atoms with Crippen molar-refractivity contribution >= 4 is 61.9 Å². The Morgan fingerprint density at radius 3 is 2.65 bits per heavy atom. The first-order valence-corrected chi connectivity index (χ1v) is 10.2. The number of carbonyl (C=O) groups excluding carboxylic acids is 1. The van der Waals surface area contributed by atoms with E-state index in [9.17, 15) is 4.79 Å². The summed E-state index contributed by atoms with van der Waals surface area (Å²) in [6.07, 6.45) is 3.52. The van der Waals surface area contributed by atoms with Gasteiger partial charge in [-0.2, -0.15) is 0 Å². The Morgan fingerprint density at radius 2 is 1.96 bits per heavy atom. The minimum atomic E-state index is -0.0643. The fraction of sp³-hybridized carbons (Fsp3) is 0.0526. The summed E-state index contributed by atoms with van der Waals surface area (Å²) in [5.74, 6) is 0.658. The van der Waals surface area contributed by atoms with Crippen LogP contribution in [0.3, 0.4) is 0 Å². The number of para-hydroxylation sites is 1. The number of benzene rings is 1. The third-order valence-corrected chi connectivity index (χ3v) is 6.21. The lowest BCUT2D eigenvalue weighted by atomic mass is 10.3. The molecule has 1 aromatic carbocycles. The van der Waals surface area contributed by atoms with E-state index in [2.05, 4.69) is 20.9 Å². The number of halogens is 1. The van der Waals surface area contributed by atoms with Crippen molar-refractivity contribution in [3.05, 3.63) is 80.2 Å². The van der Waals surface area contributed by atoms with Crippen molar-refractivity contribution in [2.45, 2.75) is 6.54 Å². The number of aliphatic imine (C=N–C) groups is 1. The molecule has 7 heteroatoms. The van der Waals surface area contributed by atoms with Gasteiger partial charge in [0.05, 0.1) is 27.2 Å². The molecule has 1 saturated heterocycles. The molecule has 0 atom stereocenters. The van der Waals surface area contributed by atoms with E-state index in [4.69, 9.17) is 4.42 Å². The average molecular weight is 445 g/mol. The van der Waals surface area contributed by atoms with Crippen molar-refractivity contribution in [3.63, 3.8) is 0 Å². The fourth-order valence-corrected chi connectivity index (χ4v) is 4.87. The van der Waals surface area contributed by atoms with Gasteiger partial charge in [-0.15, -0.1) is 11.3 Å². The van der Waals surface area contributed by atoms with Gasteiger partial charge in [0.25, 0.3) is 5.91 Å². The van der Waals surface area contributed by atoms with E-state index >= 15 is 0 Å². The first kappa shape index (κ1) is 17.3. The van der Waals surface area contributed by atoms with Crippen LogP contribution in [0.4, 0.5) is 5.69 Å². The second kappa shape index (κ2) is 7.65. The van der Waals surface area contributed by atoms with Crippen molar-refractivity contribution in [2.24, 2.45) is 4.99 Å². The van der Waals surface area contributed by atoms with E-state index in [-0.39, 0.29) is 5.91 Å². The maximum atomic E-state index is 13.0. The number of rotatable bonds is 4. The lowest BCUT2D eigenvalue weighted by Gasteiger charge is -2.13. The Labute approximate surface area is 167 Å². The SMILES string of the molecule is O=C1/C(=C\c2ccc(Br)s2)SC(=Nc2ccccc2)N1Cc1ccco1. The molecule has 26 heavy (non-hydrogen) atoms. The summed E-state index contributed by atoms with van der Waals surface area (Å²) in [5, 5.41) is 0.652. The molecule has 2 aromatic heterocycles. The molecule has 3 heterocycles. The molecule has 1 fully saturated rings. The third kappa shape index (κ3) is 3.85. The lowest BCUT2D eigenvalue weighted by Crippen LogP contribution is -2.28. The van der Waals surface area contributed by atoms with E-state index < -0.39 is 0 Å². The topological polar surface area (TPSA) is 45.8 Å². The van der Waals surface area contributed by atoms with Gasteiger partial charge in [0.1, 0.15) is 5.76 Å². The third-order valence-electron chi connectivity index (χ3n) is 3.63. The van der Waals surface area contributed by atoms with Crippen molar-refractivity contribution in [1.29, 1.82) is 0 Å². The molecule has 1 aliphatic heterocycles. The number of hydrogen-bond acceptors (Lipinski definition) is 5. The minimum Gasteiger partial charge on any atom is -0.467 e. The quantitative estimate of drug-likeness (QED) is 0.469. The van der Waals surface area contributed by atoms with Gasteiger partial charge in [-0.05, 0) is 70.2 Å². The smallest absolute Gasteiger partial charge is 0.267 e. The van der Waals surface area contributed by atoms with Crippen LogP contribution in [0.15, 0.2) is 79.0 Å². The minimum absolute atomic E-state index is 0.0643. The van der Waals surface area contributed by atoms with Crippen molar-refractivity contribution < 1.29 is 9.21 Å². The highest BCUT2D eigenvalue weighted by atomic mass is 79.9. The molecular weight excluding hydrogens is 432 g/mol. The highest BCUT2D eigenvalue weighted by Crippen LogP contribution is 2.36. The Kier molecular flexibility index (Phi) is 5.10. The summed E-state index contributed by atoms with van der Waals surface area (Å²) in [6, 6.07) is 17.3. The zero-order valence-electron chi connectivity index (χ0n) is 13.5. The van der Waals surface area contributed by atoms with Crippen molar-refractivity contribution in [1.82, 2.24) is 4.90 Å². The van der Waals surface area contributed by atoms with Gasteiger partial charge in [0.2, 0.25) is 0 Å². The van der Waals surface area contributed by atoms with Crippen LogP contribution in [0.1, 0.15) is 10.6 Å². The summed E-state index contributed by atoms with van der Waals surface area (Å²) in [7, 11) is 0. The van der Waals surface area contributed by atoms with Crippen LogP contribution in [0.2, 0.25) is 0 Å². The van der Waals surface area contributed by atoms with Gasteiger partial charge in [0, 0.05) is 4.88 Å². The molecule has 1 amide bonds. The maximum Gasteiger partial charge on any atom is 0.267 e. The van der Waals surface area contributed by atoms with Gasteiger partial charge in [-0.1, -0.05) is 18.2 Å². The molecule has 4 rings (SSSR count). The Hall–Kier alpha value is -2.09. The Morgan fingerprint density at radius 1 is 1.12 bits per heavy atom. The second-order valence-electron chi connectivity index (χ2n) is 5.45. The van der Waals surface area contributed by atoms with Gasteiger partial charge in [-0.25, -0.2) is 4.99 Å². The van der Waals surface area contributed by atoms with Gasteiger partial charge in [-0.3, -0.25) is 9.69 Å². The molecule has 0 saturated carbocycles. The molecule has 0 aliphatic carbocycles. The van der Waals surface area contributed by atoms with E-state index in [1.165, 1.54) is 11.8 Å². The van der Waals surface area contributed by atoms with E-state index in [1.807, 2.05) is 60.7 Å². The van der Waals surface area contributed by atoms with Crippen LogP contribution in [-0.2, 0) is 11.3 Å². The zero-order valence-corrected chi connectivity index (χ0v) is 16.7. The predicted molar refractivity (Wildman–Crippen MR) is 110 cm³/mol. The number of amidine groups is 1. The standard InChI is InChI=1S/C19H13BrN2O2S2/c20-17-9-8-15(25-17)11-16-18(23)22(12-14-7-4-10-24-14)19(26-16)21-13-5-2-1-3-6-13/h1-11H,12H2/b16-11+,21-19?. The predicted octanol–water partition coefficient (Wildman–Crippen LogP) is 5.91. The van der Waals surface area contributed by atoms with Gasteiger partial charge in [0.15, 0.2) is 5.17 Å². The number of furan rings is 1. The summed E-state index contributed by atoms with van der Waals surface area (Å²) in [6.45, 7) is 0.357. The second-order valence-corrected chi connectivity index (χ2v) is 8.96. The molecule has 130 valence electrons. The molecule has 0 N–H and O–H groups in total. The number of carbonyl (C=O) groups is 1. The normalized spacial score (nSPS) is 17.6. The molecule has 0 spiro atoms. The highest BCUT2D eigenvalue weighted by molar-refractivity contribution is 9.11. The molecule has 0 unspecified atom stereocenters. The first-order valence-electron chi connectivity index (χ1n) is 7.82. The fourth-order valence-electron chi connectivity index (χ4n) is 2.44. The summed E-state index contributed by atoms with van der Waals surface area (Å²) in [4.78, 5) is 20.9. The molecule has 1 aliphatic rings. The number of amides is 1. The van der Waals surface area contributed by atoms with Gasteiger partial charge < -0.3 is 4.42 Å². The van der Waals surface area contributed by atoms with E-state index in [0.29, 0.717) is 16.6 Å². The first-order chi connectivity index (χ1) is 12.7. The number of nitrogens with zero attached hydrogens (tertiary/aromatic N) is 2. The van der Waals surface area contributed by atoms with E-state index in [1.54, 1.807) is 22.5 Å². The van der Waals surface area contributed by atoms with E-state index in [0.717, 1.165) is 20.1 Å². The Bertz CT molecular complexity index is 978. The van der Waals surface area contributed by atoms with Crippen LogP contribution in [0, 0.1) is 0 Å². The number of thioether (sulfide) groups is 1.